The lowest BCUT2D eigenvalue weighted by Gasteiger charge is -2.22. The average Bonchev–Trinajstić information content (AvgIpc) is 2.85. The number of halogens is 3. The number of anilines is 2. The molecule has 34 heavy (non-hydrogen) atoms. The smallest absolute Gasteiger partial charge is 0.384 e. The highest BCUT2D eigenvalue weighted by molar-refractivity contribution is 5.93. The molecule has 1 atom stereocenters. The van der Waals surface area contributed by atoms with Crippen molar-refractivity contribution >= 4 is 28.7 Å². The highest BCUT2D eigenvalue weighted by atomic mass is 19.4. The van der Waals surface area contributed by atoms with Crippen LogP contribution >= 0.6 is 0 Å². The van der Waals surface area contributed by atoms with Crippen LogP contribution in [0.1, 0.15) is 25.7 Å². The summed E-state index contributed by atoms with van der Waals surface area (Å²) in [4.78, 5) is 16.6. The minimum Gasteiger partial charge on any atom is -0.384 e. The third-order valence-electron chi connectivity index (χ3n) is 6.19. The molecular weight excluding hydrogens is 441 g/mol. The second kappa shape index (κ2) is 10.9. The maximum atomic E-state index is 12.7. The molecule has 8 heteroatoms. The molecule has 2 heterocycles. The van der Waals surface area contributed by atoms with Crippen molar-refractivity contribution in [2.75, 3.05) is 36.4 Å². The minimum atomic E-state index is -4.46. The van der Waals surface area contributed by atoms with Crippen LogP contribution < -0.4 is 15.5 Å². The lowest BCUT2D eigenvalue weighted by atomic mass is 9.95. The number of hydrogen-bond donors (Lipinski definition) is 2. The van der Waals surface area contributed by atoms with E-state index in [9.17, 15) is 18.0 Å². The summed E-state index contributed by atoms with van der Waals surface area (Å²) in [5.74, 6) is 0.738. The van der Waals surface area contributed by atoms with Crippen LogP contribution in [0.4, 0.5) is 24.5 Å². The molecule has 0 radical (unpaired) electrons. The zero-order valence-corrected chi connectivity index (χ0v) is 18.9. The van der Waals surface area contributed by atoms with Gasteiger partial charge in [-0.25, -0.2) is 4.98 Å². The molecule has 2 aromatic carbocycles. The standard InChI is InChI=1S/C26H29F3N4O/c27-26(28,29)17-33(18-34)21-11-9-20(10-12-21)24-15-25(22-7-1-2-8-23(22)32-24)31-14-4-6-19-5-3-13-30-16-19/h1-2,7-12,15,18-19,30H,3-6,13-14,16-17H2,(H,31,32). The van der Waals surface area contributed by atoms with E-state index in [2.05, 4.69) is 10.6 Å². The summed E-state index contributed by atoms with van der Waals surface area (Å²) in [5, 5.41) is 8.05. The number of piperidine rings is 1. The van der Waals surface area contributed by atoms with Crippen molar-refractivity contribution in [3.63, 3.8) is 0 Å². The van der Waals surface area contributed by atoms with Gasteiger partial charge in [0.2, 0.25) is 6.41 Å². The van der Waals surface area contributed by atoms with Gasteiger partial charge >= 0.3 is 6.18 Å². The second-order valence-electron chi connectivity index (χ2n) is 8.75. The number of carbonyl (C=O) groups excluding carboxylic acids is 1. The third-order valence-corrected chi connectivity index (χ3v) is 6.19. The second-order valence-corrected chi connectivity index (χ2v) is 8.75. The number of carbonyl (C=O) groups is 1. The maximum absolute atomic E-state index is 12.7. The number of amides is 1. The molecule has 1 fully saturated rings. The van der Waals surface area contributed by atoms with E-state index in [-0.39, 0.29) is 12.1 Å². The summed E-state index contributed by atoms with van der Waals surface area (Å²) in [6, 6.07) is 16.3. The predicted octanol–water partition coefficient (Wildman–Crippen LogP) is 5.62. The fourth-order valence-corrected chi connectivity index (χ4v) is 4.46. The average molecular weight is 471 g/mol. The molecule has 5 nitrogen and oxygen atoms in total. The van der Waals surface area contributed by atoms with Crippen LogP contribution in [-0.2, 0) is 4.79 Å². The Balaban J connectivity index is 1.50. The Bertz CT molecular complexity index is 1100. The van der Waals surface area contributed by atoms with E-state index in [0.717, 1.165) is 59.8 Å². The van der Waals surface area contributed by atoms with Crippen molar-refractivity contribution in [2.45, 2.75) is 31.9 Å². The van der Waals surface area contributed by atoms with Crippen molar-refractivity contribution in [1.82, 2.24) is 10.3 Å². The SMILES string of the molecule is O=CN(CC(F)(F)F)c1ccc(-c2cc(NCCCC3CCCNC3)c3ccccc3n2)cc1. The van der Waals surface area contributed by atoms with Gasteiger partial charge in [0.05, 0.1) is 11.2 Å². The summed E-state index contributed by atoms with van der Waals surface area (Å²) >= 11 is 0. The molecule has 0 aliphatic carbocycles. The molecular formula is C26H29F3N4O. The molecule has 180 valence electrons. The molecule has 0 saturated carbocycles. The van der Waals surface area contributed by atoms with Crippen LogP contribution in [0.5, 0.6) is 0 Å². The number of nitrogens with one attached hydrogen (secondary N) is 2. The topological polar surface area (TPSA) is 57.3 Å². The first-order chi connectivity index (χ1) is 16.4. The minimum absolute atomic E-state index is 0.187. The number of para-hydroxylation sites is 1. The van der Waals surface area contributed by atoms with Crippen LogP contribution in [0.25, 0.3) is 22.2 Å². The van der Waals surface area contributed by atoms with Gasteiger partial charge in [-0.15, -0.1) is 0 Å². The fourth-order valence-electron chi connectivity index (χ4n) is 4.46. The number of pyridine rings is 1. The first-order valence-corrected chi connectivity index (χ1v) is 11.7. The van der Waals surface area contributed by atoms with Gasteiger partial charge in [0.1, 0.15) is 6.54 Å². The number of benzene rings is 2. The molecule has 1 amide bonds. The molecule has 1 aliphatic rings. The maximum Gasteiger partial charge on any atom is 0.406 e. The van der Waals surface area contributed by atoms with Crippen molar-refractivity contribution in [2.24, 2.45) is 5.92 Å². The quantitative estimate of drug-likeness (QED) is 0.315. The van der Waals surface area contributed by atoms with Crippen molar-refractivity contribution < 1.29 is 18.0 Å². The lowest BCUT2D eigenvalue weighted by Crippen LogP contribution is -2.33. The lowest BCUT2D eigenvalue weighted by molar-refractivity contribution is -0.126. The van der Waals surface area contributed by atoms with Crippen LogP contribution in [0.15, 0.2) is 54.6 Å². The Labute approximate surface area is 197 Å². The number of rotatable bonds is 9. The van der Waals surface area contributed by atoms with E-state index in [4.69, 9.17) is 4.98 Å². The van der Waals surface area contributed by atoms with Gasteiger partial charge in [0.15, 0.2) is 0 Å². The molecule has 1 aromatic heterocycles. The van der Waals surface area contributed by atoms with Gasteiger partial charge in [-0.1, -0.05) is 30.3 Å². The molecule has 4 rings (SSSR count). The molecule has 0 bridgehead atoms. The molecule has 3 aromatic rings. The van der Waals surface area contributed by atoms with E-state index < -0.39 is 12.7 Å². The van der Waals surface area contributed by atoms with E-state index in [1.54, 1.807) is 12.1 Å². The van der Waals surface area contributed by atoms with Crippen LogP contribution in [0.3, 0.4) is 0 Å². The van der Waals surface area contributed by atoms with Gasteiger partial charge < -0.3 is 15.5 Å². The number of hydrogen-bond acceptors (Lipinski definition) is 4. The summed E-state index contributed by atoms with van der Waals surface area (Å²) < 4.78 is 38.2. The molecule has 1 saturated heterocycles. The zero-order chi connectivity index (χ0) is 24.0. The Morgan fingerprint density at radius 3 is 2.65 bits per heavy atom. The van der Waals surface area contributed by atoms with Gasteiger partial charge in [0.25, 0.3) is 0 Å². The Hall–Kier alpha value is -3.13. The van der Waals surface area contributed by atoms with Crippen LogP contribution in [0.2, 0.25) is 0 Å². The summed E-state index contributed by atoms with van der Waals surface area (Å²) in [6.07, 6.45) is 0.526. The van der Waals surface area contributed by atoms with E-state index >= 15 is 0 Å². The number of fused-ring (bicyclic) bond motifs is 1. The molecule has 1 aliphatic heterocycles. The van der Waals surface area contributed by atoms with E-state index in [1.807, 2.05) is 30.3 Å². The highest BCUT2D eigenvalue weighted by Gasteiger charge is 2.31. The predicted molar refractivity (Wildman–Crippen MR) is 130 cm³/mol. The Morgan fingerprint density at radius 1 is 1.15 bits per heavy atom. The number of alkyl halides is 3. The normalized spacial score (nSPS) is 16.4. The van der Waals surface area contributed by atoms with Gasteiger partial charge in [-0.3, -0.25) is 4.79 Å². The first-order valence-electron chi connectivity index (χ1n) is 11.7. The highest BCUT2D eigenvalue weighted by Crippen LogP contribution is 2.30. The van der Waals surface area contributed by atoms with Crippen molar-refractivity contribution in [3.05, 3.63) is 54.6 Å². The summed E-state index contributed by atoms with van der Waals surface area (Å²) in [6.45, 7) is 1.75. The van der Waals surface area contributed by atoms with Crippen LogP contribution in [-0.4, -0.2) is 43.7 Å². The monoisotopic (exact) mass is 470 g/mol. The number of aromatic nitrogens is 1. The van der Waals surface area contributed by atoms with E-state index in [0.29, 0.717) is 4.90 Å². The Morgan fingerprint density at radius 2 is 1.94 bits per heavy atom. The van der Waals surface area contributed by atoms with Gasteiger partial charge in [-0.05, 0) is 69.0 Å². The van der Waals surface area contributed by atoms with Crippen molar-refractivity contribution in [1.29, 1.82) is 0 Å². The van der Waals surface area contributed by atoms with Gasteiger partial charge in [0, 0.05) is 28.9 Å². The zero-order valence-electron chi connectivity index (χ0n) is 18.9. The largest absolute Gasteiger partial charge is 0.406 e. The fraction of sp³-hybridized carbons (Fsp3) is 0.385. The Kier molecular flexibility index (Phi) is 7.67. The first kappa shape index (κ1) is 24.0. The molecule has 1 unspecified atom stereocenters. The summed E-state index contributed by atoms with van der Waals surface area (Å²) in [7, 11) is 0. The van der Waals surface area contributed by atoms with Crippen LogP contribution in [0, 0.1) is 5.92 Å². The number of nitrogens with zero attached hydrogens (tertiary/aromatic N) is 2. The van der Waals surface area contributed by atoms with E-state index in [1.165, 1.54) is 31.4 Å². The third kappa shape index (κ3) is 6.26. The molecule has 2 N–H and O–H groups in total. The van der Waals surface area contributed by atoms with Crippen molar-refractivity contribution in [3.8, 4) is 11.3 Å². The summed E-state index contributed by atoms with van der Waals surface area (Å²) in [5.41, 5.74) is 3.50. The molecule has 0 spiro atoms. The van der Waals surface area contributed by atoms with Gasteiger partial charge in [-0.2, -0.15) is 13.2 Å².